The Morgan fingerprint density at radius 1 is 0.929 bits per heavy atom. The van der Waals surface area contributed by atoms with Crippen LogP contribution in [0.4, 0.5) is 0 Å². The average Bonchev–Trinajstić information content (AvgIpc) is 2.63. The maximum atomic E-state index is 6.84. The highest BCUT2D eigenvalue weighted by atomic mass is 79.9. The Labute approximate surface area is 181 Å². The smallest absolute Gasteiger partial charge is 0.261 e. The van der Waals surface area contributed by atoms with E-state index < -0.39 is 16.4 Å². The van der Waals surface area contributed by atoms with Crippen molar-refractivity contribution >= 4 is 42.7 Å². The molecule has 0 heterocycles. The second kappa shape index (κ2) is 9.41. The van der Waals surface area contributed by atoms with Crippen molar-refractivity contribution < 1.29 is 4.43 Å². The molecule has 0 aliphatic carbocycles. The molecule has 0 radical (unpaired) electrons. The summed E-state index contributed by atoms with van der Waals surface area (Å²) in [6.45, 7) is 14.2. The first-order chi connectivity index (χ1) is 13.1. The number of hydrogen-bond acceptors (Lipinski definition) is 1. The molecule has 0 saturated heterocycles. The monoisotopic (exact) mass is 470 g/mol. The molecule has 2 aromatic rings. The van der Waals surface area contributed by atoms with Gasteiger partial charge in [0.25, 0.3) is 8.32 Å². The lowest BCUT2D eigenvalue weighted by Crippen LogP contribution is -2.66. The lowest BCUT2D eigenvalue weighted by atomic mass is 10.2. The van der Waals surface area contributed by atoms with Gasteiger partial charge >= 0.3 is 0 Å². The molecule has 0 bridgehead atoms. The Morgan fingerprint density at radius 3 is 1.79 bits per heavy atom. The fraction of sp³-hybridized carbons (Fsp3) is 0.333. The zero-order chi connectivity index (χ0) is 20.8. The molecule has 2 aromatic carbocycles. The van der Waals surface area contributed by atoms with Crippen LogP contribution in [0.1, 0.15) is 20.8 Å². The predicted octanol–water partition coefficient (Wildman–Crippen LogP) is 5.72. The van der Waals surface area contributed by atoms with E-state index in [1.54, 1.807) is 0 Å². The van der Waals surface area contributed by atoms with Crippen molar-refractivity contribution in [1.29, 1.82) is 0 Å². The summed E-state index contributed by atoms with van der Waals surface area (Å²) in [6.07, 6.45) is 2.06. The number of benzene rings is 2. The number of rotatable bonds is 5. The van der Waals surface area contributed by atoms with Crippen LogP contribution in [0.15, 0.2) is 71.2 Å². The van der Waals surface area contributed by atoms with Crippen molar-refractivity contribution in [2.75, 3.05) is 6.61 Å². The zero-order valence-corrected chi connectivity index (χ0v) is 21.4. The van der Waals surface area contributed by atoms with Crippen LogP contribution in [-0.2, 0) is 4.43 Å². The fourth-order valence-corrected chi connectivity index (χ4v) is 8.71. The summed E-state index contributed by atoms with van der Waals surface area (Å²) in [5, 5.41) is 2.58. The van der Waals surface area contributed by atoms with E-state index in [0.29, 0.717) is 6.61 Å². The molecule has 0 spiro atoms. The molecule has 0 atom stereocenters. The summed E-state index contributed by atoms with van der Waals surface area (Å²) in [5.41, 5.74) is 3.39. The molecule has 0 unspecified atom stereocenters. The van der Waals surface area contributed by atoms with Gasteiger partial charge in [0.15, 0.2) is 0 Å². The van der Waals surface area contributed by atoms with E-state index in [1.165, 1.54) is 10.4 Å². The molecule has 2 rings (SSSR count). The summed E-state index contributed by atoms with van der Waals surface area (Å²) >= 11 is 3.61. The van der Waals surface area contributed by atoms with E-state index in [4.69, 9.17) is 4.43 Å². The maximum absolute atomic E-state index is 6.84. The van der Waals surface area contributed by atoms with Gasteiger partial charge in [0.2, 0.25) is 0 Å². The van der Waals surface area contributed by atoms with Crippen LogP contribution in [0.25, 0.3) is 0 Å². The lowest BCUT2D eigenvalue weighted by Gasteiger charge is -2.42. The second-order valence-electron chi connectivity index (χ2n) is 9.03. The predicted molar refractivity (Wildman–Crippen MR) is 132 cm³/mol. The zero-order valence-electron chi connectivity index (χ0n) is 17.8. The third kappa shape index (κ3) is 5.81. The summed E-state index contributed by atoms with van der Waals surface area (Å²) in [4.78, 5) is 0. The molecule has 0 aliphatic rings. The minimum Gasteiger partial charge on any atom is -0.404 e. The maximum Gasteiger partial charge on any atom is 0.261 e. The van der Waals surface area contributed by atoms with Gasteiger partial charge < -0.3 is 4.43 Å². The number of halogens is 1. The molecule has 0 aromatic heterocycles. The molecular formula is C24H31BrOSi2. The summed E-state index contributed by atoms with van der Waals surface area (Å²) < 4.78 is 7.76. The highest BCUT2D eigenvalue weighted by molar-refractivity contribution is 9.12. The van der Waals surface area contributed by atoms with Crippen LogP contribution >= 0.6 is 15.9 Å². The third-order valence-electron chi connectivity index (χ3n) is 4.54. The summed E-state index contributed by atoms with van der Waals surface area (Å²) in [6, 6.07) is 21.4. The van der Waals surface area contributed by atoms with E-state index in [9.17, 15) is 0 Å². The van der Waals surface area contributed by atoms with Gasteiger partial charge in [-0.2, -0.15) is 0 Å². The Morgan fingerprint density at radius 2 is 1.39 bits per heavy atom. The Kier molecular flexibility index (Phi) is 7.69. The quantitative estimate of drug-likeness (QED) is 0.400. The average molecular weight is 472 g/mol. The van der Waals surface area contributed by atoms with Crippen molar-refractivity contribution in [3.63, 3.8) is 0 Å². The van der Waals surface area contributed by atoms with Gasteiger partial charge in [0, 0.05) is 0 Å². The first-order valence-corrected chi connectivity index (χ1v) is 15.9. The topological polar surface area (TPSA) is 9.23 Å². The van der Waals surface area contributed by atoms with Gasteiger partial charge in [0.1, 0.15) is 8.07 Å². The second-order valence-corrected chi connectivity index (χ2v) is 18.9. The fourth-order valence-electron chi connectivity index (χ4n) is 3.30. The molecule has 0 N–H and O–H groups in total. The largest absolute Gasteiger partial charge is 0.404 e. The first kappa shape index (κ1) is 22.9. The highest BCUT2D eigenvalue weighted by Gasteiger charge is 2.49. The van der Waals surface area contributed by atoms with Crippen molar-refractivity contribution in [1.82, 2.24) is 0 Å². The van der Waals surface area contributed by atoms with Crippen LogP contribution in [0, 0.1) is 11.5 Å². The van der Waals surface area contributed by atoms with Gasteiger partial charge in [-0.15, -0.1) is 5.54 Å². The van der Waals surface area contributed by atoms with Crippen LogP contribution in [-0.4, -0.2) is 23.0 Å². The van der Waals surface area contributed by atoms with Crippen LogP contribution in [0.3, 0.4) is 0 Å². The van der Waals surface area contributed by atoms with Crippen molar-refractivity contribution in [2.24, 2.45) is 0 Å². The van der Waals surface area contributed by atoms with E-state index in [1.807, 2.05) is 0 Å². The molecule has 148 valence electrons. The standard InChI is InChI=1S/C24H31BrOSi2/c1-24(2,3)28(22-13-9-7-10-14-22,23-15-11-8-12-16-23)26-19-17-21(25)18-20-27(4,5)6/h7-17H,19H2,1-6H3/b21-17-. The van der Waals surface area contributed by atoms with Gasteiger partial charge in [-0.25, -0.2) is 0 Å². The van der Waals surface area contributed by atoms with Crippen LogP contribution in [0.5, 0.6) is 0 Å². The van der Waals surface area contributed by atoms with Crippen LogP contribution in [0.2, 0.25) is 24.7 Å². The van der Waals surface area contributed by atoms with Gasteiger partial charge in [0.05, 0.1) is 11.1 Å². The lowest BCUT2D eigenvalue weighted by molar-refractivity contribution is 0.339. The van der Waals surface area contributed by atoms with Gasteiger partial charge in [-0.3, -0.25) is 0 Å². The summed E-state index contributed by atoms with van der Waals surface area (Å²) in [7, 11) is -3.88. The third-order valence-corrected chi connectivity index (χ3v) is 10.9. The van der Waals surface area contributed by atoms with Gasteiger partial charge in [-0.05, 0) is 37.4 Å². The van der Waals surface area contributed by atoms with E-state index in [-0.39, 0.29) is 5.04 Å². The minimum atomic E-state index is -2.48. The van der Waals surface area contributed by atoms with E-state index in [0.717, 1.165) is 4.48 Å². The molecule has 1 nitrogen and oxygen atoms in total. The van der Waals surface area contributed by atoms with Crippen molar-refractivity contribution in [2.45, 2.75) is 45.5 Å². The van der Waals surface area contributed by atoms with Gasteiger partial charge in [-0.1, -0.05) is 107 Å². The molecule has 0 amide bonds. The number of allylic oxidation sites excluding steroid dienone is 1. The molecular weight excluding hydrogens is 440 g/mol. The Bertz CT molecular complexity index is 811. The molecule has 0 fully saturated rings. The van der Waals surface area contributed by atoms with Crippen molar-refractivity contribution in [3.8, 4) is 11.5 Å². The Balaban J connectivity index is 2.46. The molecule has 0 aliphatic heterocycles. The van der Waals surface area contributed by atoms with E-state index >= 15 is 0 Å². The molecule has 28 heavy (non-hydrogen) atoms. The molecule has 0 saturated carbocycles. The highest BCUT2D eigenvalue weighted by Crippen LogP contribution is 2.36. The van der Waals surface area contributed by atoms with Crippen LogP contribution < -0.4 is 10.4 Å². The number of hydrogen-bond donors (Lipinski definition) is 0. The molecule has 4 heteroatoms. The first-order valence-electron chi connectivity index (χ1n) is 9.70. The van der Waals surface area contributed by atoms with Crippen molar-refractivity contribution in [3.05, 3.63) is 71.2 Å². The normalized spacial score (nSPS) is 13.0. The Hall–Kier alpha value is -1.39. The SMILES string of the molecule is CC(C)(C)[Si](OC/C=C(\Br)C#C[Si](C)(C)C)(c1ccccc1)c1ccccc1. The summed E-state index contributed by atoms with van der Waals surface area (Å²) in [5.74, 6) is 3.25. The minimum absolute atomic E-state index is 0.0139. The van der Waals surface area contributed by atoms with E-state index in [2.05, 4.69) is 135 Å².